The van der Waals surface area contributed by atoms with Crippen molar-refractivity contribution in [3.8, 4) is 0 Å². The summed E-state index contributed by atoms with van der Waals surface area (Å²) in [7, 11) is 0. The van der Waals surface area contributed by atoms with Crippen LogP contribution in [0.2, 0.25) is 0 Å². The predicted molar refractivity (Wildman–Crippen MR) is 111 cm³/mol. The van der Waals surface area contributed by atoms with E-state index in [0.29, 0.717) is 32.2 Å². The molecule has 0 fully saturated rings. The van der Waals surface area contributed by atoms with Gasteiger partial charge < -0.3 is 32.4 Å². The van der Waals surface area contributed by atoms with Crippen LogP contribution in [0.1, 0.15) is 67.2 Å². The standard InChI is InChI=1S/C20H40N4O4/c1-18(2,3)27-16(25)14(22)8-11-20(24,10-7-13-21)12-9-15(23)17(26)28-19(4,5)6/h7,10,14-15H,8-9,11-13,21-24H2,1-6H3/b10-7+. The summed E-state index contributed by atoms with van der Waals surface area (Å²) in [6, 6.07) is -1.57. The Bertz CT molecular complexity index is 497. The number of ether oxygens (including phenoxy) is 2. The van der Waals surface area contributed by atoms with Crippen LogP contribution >= 0.6 is 0 Å². The van der Waals surface area contributed by atoms with Crippen LogP contribution in [0, 0.1) is 0 Å². The minimum atomic E-state index is -0.793. The second kappa shape index (κ2) is 10.9. The van der Waals surface area contributed by atoms with Crippen molar-refractivity contribution < 1.29 is 19.1 Å². The Morgan fingerprint density at radius 2 is 1.21 bits per heavy atom. The van der Waals surface area contributed by atoms with Crippen LogP contribution in [0.25, 0.3) is 0 Å². The van der Waals surface area contributed by atoms with Crippen molar-refractivity contribution in [1.82, 2.24) is 0 Å². The lowest BCUT2D eigenvalue weighted by atomic mass is 9.86. The fourth-order valence-electron chi connectivity index (χ4n) is 2.43. The molecule has 8 N–H and O–H groups in total. The van der Waals surface area contributed by atoms with Crippen molar-refractivity contribution >= 4 is 11.9 Å². The van der Waals surface area contributed by atoms with Crippen LogP contribution in [-0.2, 0) is 19.1 Å². The zero-order valence-corrected chi connectivity index (χ0v) is 18.3. The molecular weight excluding hydrogens is 360 g/mol. The highest BCUT2D eigenvalue weighted by atomic mass is 16.6. The first-order chi connectivity index (χ1) is 12.6. The molecule has 8 nitrogen and oxygen atoms in total. The molecule has 0 amide bonds. The van der Waals surface area contributed by atoms with Crippen LogP contribution in [-0.4, -0.2) is 47.3 Å². The average molecular weight is 401 g/mol. The van der Waals surface area contributed by atoms with E-state index in [1.807, 2.05) is 0 Å². The third-order valence-corrected chi connectivity index (χ3v) is 3.85. The molecule has 28 heavy (non-hydrogen) atoms. The fourth-order valence-corrected chi connectivity index (χ4v) is 2.43. The zero-order chi connectivity index (χ0) is 22.2. The highest BCUT2D eigenvalue weighted by Gasteiger charge is 2.29. The van der Waals surface area contributed by atoms with E-state index in [9.17, 15) is 9.59 Å². The maximum absolute atomic E-state index is 12.1. The fraction of sp³-hybridized carbons (Fsp3) is 0.800. The molecule has 0 bridgehead atoms. The molecule has 0 saturated carbocycles. The van der Waals surface area contributed by atoms with Crippen LogP contribution < -0.4 is 22.9 Å². The second-order valence-electron chi connectivity index (χ2n) is 9.23. The predicted octanol–water partition coefficient (Wildman–Crippen LogP) is 1.10. The van der Waals surface area contributed by atoms with Gasteiger partial charge in [0.2, 0.25) is 0 Å². The lowest BCUT2D eigenvalue weighted by Gasteiger charge is -2.29. The molecule has 0 rings (SSSR count). The van der Waals surface area contributed by atoms with Crippen LogP contribution in [0.4, 0.5) is 0 Å². The lowest BCUT2D eigenvalue weighted by Crippen LogP contribution is -2.45. The topological polar surface area (TPSA) is 157 Å². The molecule has 0 aromatic carbocycles. The van der Waals surface area contributed by atoms with E-state index in [4.69, 9.17) is 32.4 Å². The molecular formula is C20H40N4O4. The molecule has 0 heterocycles. The van der Waals surface area contributed by atoms with E-state index < -0.39 is 40.8 Å². The monoisotopic (exact) mass is 400 g/mol. The quantitative estimate of drug-likeness (QED) is 0.313. The number of esters is 2. The molecule has 0 aromatic heterocycles. The highest BCUT2D eigenvalue weighted by molar-refractivity contribution is 5.76. The number of rotatable bonds is 10. The van der Waals surface area contributed by atoms with E-state index in [2.05, 4.69) is 0 Å². The Kier molecular flexibility index (Phi) is 10.3. The lowest BCUT2D eigenvalue weighted by molar-refractivity contribution is -0.157. The first-order valence-corrected chi connectivity index (χ1v) is 9.72. The van der Waals surface area contributed by atoms with Gasteiger partial charge in [-0.2, -0.15) is 0 Å². The van der Waals surface area contributed by atoms with Crippen molar-refractivity contribution in [3.63, 3.8) is 0 Å². The van der Waals surface area contributed by atoms with Crippen molar-refractivity contribution in [2.24, 2.45) is 22.9 Å². The van der Waals surface area contributed by atoms with Gasteiger partial charge in [0.15, 0.2) is 0 Å². The van der Waals surface area contributed by atoms with Gasteiger partial charge >= 0.3 is 11.9 Å². The summed E-state index contributed by atoms with van der Waals surface area (Å²) in [6.45, 7) is 11.0. The number of carbonyl (C=O) groups excluding carboxylic acids is 2. The number of hydrogen-bond acceptors (Lipinski definition) is 8. The molecule has 2 atom stereocenters. The van der Waals surface area contributed by atoms with Crippen molar-refractivity contribution in [3.05, 3.63) is 12.2 Å². The van der Waals surface area contributed by atoms with E-state index in [-0.39, 0.29) is 0 Å². The molecule has 0 aliphatic heterocycles. The molecule has 8 heteroatoms. The van der Waals surface area contributed by atoms with Gasteiger partial charge in [-0.05, 0) is 67.2 Å². The molecule has 0 spiro atoms. The molecule has 0 aliphatic rings. The van der Waals surface area contributed by atoms with Gasteiger partial charge in [0.1, 0.15) is 23.3 Å². The smallest absolute Gasteiger partial charge is 0.323 e. The van der Waals surface area contributed by atoms with Gasteiger partial charge in [-0.15, -0.1) is 0 Å². The first kappa shape index (κ1) is 26.5. The van der Waals surface area contributed by atoms with Gasteiger partial charge in [-0.25, -0.2) is 0 Å². The summed E-state index contributed by atoms with van der Waals surface area (Å²) in [4.78, 5) is 24.1. The van der Waals surface area contributed by atoms with Crippen LogP contribution in [0.5, 0.6) is 0 Å². The molecule has 0 radical (unpaired) electrons. The van der Waals surface area contributed by atoms with Gasteiger partial charge in [0, 0.05) is 12.1 Å². The second-order valence-corrected chi connectivity index (χ2v) is 9.23. The van der Waals surface area contributed by atoms with Gasteiger partial charge in [0.25, 0.3) is 0 Å². The third kappa shape index (κ3) is 12.1. The Morgan fingerprint density at radius 3 is 1.50 bits per heavy atom. The largest absolute Gasteiger partial charge is 0.459 e. The Labute approximate surface area is 169 Å². The van der Waals surface area contributed by atoms with E-state index in [1.54, 1.807) is 53.7 Å². The summed E-state index contributed by atoms with van der Waals surface area (Å²) in [5, 5.41) is 0. The number of nitrogens with two attached hydrogens (primary N) is 4. The van der Waals surface area contributed by atoms with E-state index in [1.165, 1.54) is 0 Å². The zero-order valence-electron chi connectivity index (χ0n) is 18.3. The SMILES string of the molecule is CC(C)(C)OC(=O)C(N)CCC(N)(/C=C/CN)CCC(N)C(=O)OC(C)(C)C. The Balaban J connectivity index is 4.88. The van der Waals surface area contributed by atoms with Crippen molar-refractivity contribution in [2.45, 2.75) is 96.1 Å². The summed E-state index contributed by atoms with van der Waals surface area (Å²) >= 11 is 0. The summed E-state index contributed by atoms with van der Waals surface area (Å²) in [5.41, 5.74) is 21.9. The number of carbonyl (C=O) groups is 2. The van der Waals surface area contributed by atoms with Gasteiger partial charge in [0.05, 0.1) is 0 Å². The maximum atomic E-state index is 12.1. The third-order valence-electron chi connectivity index (χ3n) is 3.85. The molecule has 2 unspecified atom stereocenters. The van der Waals surface area contributed by atoms with Crippen LogP contribution in [0.3, 0.4) is 0 Å². The summed E-state index contributed by atoms with van der Waals surface area (Å²) in [6.07, 6.45) is 5.05. The first-order valence-electron chi connectivity index (χ1n) is 9.72. The molecule has 0 aromatic rings. The highest BCUT2D eigenvalue weighted by Crippen LogP contribution is 2.22. The minimum Gasteiger partial charge on any atom is -0.459 e. The minimum absolute atomic E-state index is 0.329. The van der Waals surface area contributed by atoms with Crippen molar-refractivity contribution in [1.29, 1.82) is 0 Å². The van der Waals surface area contributed by atoms with E-state index in [0.717, 1.165) is 0 Å². The average Bonchev–Trinajstić information content (AvgIpc) is 2.52. The number of hydrogen-bond donors (Lipinski definition) is 4. The van der Waals surface area contributed by atoms with Gasteiger partial charge in [-0.3, -0.25) is 9.59 Å². The summed E-state index contributed by atoms with van der Waals surface area (Å²) in [5.74, 6) is -0.939. The van der Waals surface area contributed by atoms with Crippen LogP contribution in [0.15, 0.2) is 12.2 Å². The molecule has 0 aliphatic carbocycles. The summed E-state index contributed by atoms with van der Waals surface area (Å²) < 4.78 is 10.6. The molecule has 164 valence electrons. The Morgan fingerprint density at radius 1 is 0.857 bits per heavy atom. The van der Waals surface area contributed by atoms with E-state index >= 15 is 0 Å². The van der Waals surface area contributed by atoms with Gasteiger partial charge in [-0.1, -0.05) is 12.2 Å². The molecule has 0 saturated heterocycles. The Hall–Kier alpha value is -1.48. The maximum Gasteiger partial charge on any atom is 0.323 e. The van der Waals surface area contributed by atoms with Crippen molar-refractivity contribution in [2.75, 3.05) is 6.54 Å². The normalized spacial score (nSPS) is 17.1.